The maximum atomic E-state index is 13.7. The monoisotopic (exact) mass is 647 g/mol. The van der Waals surface area contributed by atoms with Crippen LogP contribution in [-0.4, -0.2) is 85.0 Å². The van der Waals surface area contributed by atoms with Crippen LogP contribution in [0.5, 0.6) is 5.75 Å². The predicted molar refractivity (Wildman–Crippen MR) is 175 cm³/mol. The Kier molecular flexibility index (Phi) is 13.3. The van der Waals surface area contributed by atoms with Gasteiger partial charge in [-0.2, -0.15) is 0 Å². The van der Waals surface area contributed by atoms with Gasteiger partial charge in [-0.25, -0.2) is 14.0 Å². The van der Waals surface area contributed by atoms with Crippen LogP contribution in [-0.2, 0) is 14.4 Å². The summed E-state index contributed by atoms with van der Waals surface area (Å²) in [5, 5.41) is 15.6. The topological polar surface area (TPSA) is 145 Å². The fourth-order valence-electron chi connectivity index (χ4n) is 4.94. The van der Waals surface area contributed by atoms with Gasteiger partial charge in [0.25, 0.3) is 5.91 Å². The fourth-order valence-corrected chi connectivity index (χ4v) is 4.94. The number of likely N-dealkylation sites (tertiary alicyclic amines) is 1. The lowest BCUT2D eigenvalue weighted by Crippen LogP contribution is -2.42. The molecule has 0 aromatic heterocycles. The SMILES string of the molecule is COc1cccc(N(CCN2CCC(C(=O)c3ccc(F)cc3)CC2)C(=O)c2ccc(N(C)C(C)=O)cc2)c1.O=C(O)/C=C/C(=O)O. The number of carbonyl (C=O) groups is 5. The summed E-state index contributed by atoms with van der Waals surface area (Å²) in [6.07, 6.45) is 2.55. The van der Waals surface area contributed by atoms with Crippen molar-refractivity contribution >= 4 is 40.9 Å². The molecule has 2 amide bonds. The molecule has 3 aromatic rings. The Morgan fingerprint density at radius 3 is 1.98 bits per heavy atom. The van der Waals surface area contributed by atoms with Crippen LogP contribution in [0.1, 0.15) is 40.5 Å². The molecule has 1 fully saturated rings. The van der Waals surface area contributed by atoms with Crippen molar-refractivity contribution in [1.82, 2.24) is 4.90 Å². The van der Waals surface area contributed by atoms with Crippen molar-refractivity contribution < 1.29 is 43.3 Å². The normalized spacial score (nSPS) is 13.3. The van der Waals surface area contributed by atoms with Gasteiger partial charge in [-0.05, 0) is 86.6 Å². The van der Waals surface area contributed by atoms with Gasteiger partial charge in [0.1, 0.15) is 11.6 Å². The molecule has 0 radical (unpaired) electrons. The zero-order valence-corrected chi connectivity index (χ0v) is 26.5. The van der Waals surface area contributed by atoms with Crippen LogP contribution >= 0.6 is 0 Å². The number of amides is 2. The molecule has 0 bridgehead atoms. The van der Waals surface area contributed by atoms with Crippen LogP contribution in [0.4, 0.5) is 15.8 Å². The summed E-state index contributed by atoms with van der Waals surface area (Å²) < 4.78 is 18.6. The van der Waals surface area contributed by atoms with Gasteiger partial charge in [-0.1, -0.05) is 6.07 Å². The van der Waals surface area contributed by atoms with Gasteiger partial charge in [0.05, 0.1) is 7.11 Å². The van der Waals surface area contributed by atoms with E-state index in [1.807, 2.05) is 24.3 Å². The number of rotatable bonds is 11. The minimum Gasteiger partial charge on any atom is -0.497 e. The summed E-state index contributed by atoms with van der Waals surface area (Å²) in [6.45, 7) is 4.07. The molecule has 1 heterocycles. The van der Waals surface area contributed by atoms with Crippen molar-refractivity contribution in [3.05, 3.63) is 102 Å². The van der Waals surface area contributed by atoms with Gasteiger partial charge in [0.15, 0.2) is 5.78 Å². The molecular weight excluding hydrogens is 609 g/mol. The Morgan fingerprint density at radius 2 is 1.45 bits per heavy atom. The third kappa shape index (κ3) is 10.9. The maximum Gasteiger partial charge on any atom is 0.328 e. The highest BCUT2D eigenvalue weighted by Gasteiger charge is 2.27. The number of piperidine rings is 1. The summed E-state index contributed by atoms with van der Waals surface area (Å²) >= 11 is 0. The van der Waals surface area contributed by atoms with Crippen molar-refractivity contribution in [3.63, 3.8) is 0 Å². The summed E-state index contributed by atoms with van der Waals surface area (Å²) in [5.41, 5.74) is 2.50. The van der Waals surface area contributed by atoms with Gasteiger partial charge in [0.2, 0.25) is 5.91 Å². The highest BCUT2D eigenvalue weighted by molar-refractivity contribution is 6.06. The van der Waals surface area contributed by atoms with E-state index in [1.165, 1.54) is 24.0 Å². The highest BCUT2D eigenvalue weighted by Crippen LogP contribution is 2.25. The zero-order chi connectivity index (χ0) is 34.5. The van der Waals surface area contributed by atoms with E-state index in [0.29, 0.717) is 60.6 Å². The lowest BCUT2D eigenvalue weighted by Gasteiger charge is -2.33. The maximum absolute atomic E-state index is 13.7. The van der Waals surface area contributed by atoms with E-state index >= 15 is 0 Å². The Hall–Kier alpha value is -5.36. The molecule has 4 rings (SSSR count). The molecule has 3 aromatic carbocycles. The highest BCUT2D eigenvalue weighted by atomic mass is 19.1. The van der Waals surface area contributed by atoms with Gasteiger partial charge in [-0.3, -0.25) is 14.4 Å². The van der Waals surface area contributed by atoms with E-state index in [9.17, 15) is 28.4 Å². The Labute approximate surface area is 272 Å². The van der Waals surface area contributed by atoms with E-state index in [2.05, 4.69) is 4.90 Å². The van der Waals surface area contributed by atoms with E-state index in [4.69, 9.17) is 14.9 Å². The van der Waals surface area contributed by atoms with Crippen LogP contribution in [0.2, 0.25) is 0 Å². The molecule has 2 N–H and O–H groups in total. The quantitative estimate of drug-likeness (QED) is 0.222. The summed E-state index contributed by atoms with van der Waals surface area (Å²) in [7, 11) is 3.28. The number of carbonyl (C=O) groups excluding carboxylic acids is 3. The number of hydrogen-bond donors (Lipinski definition) is 2. The molecule has 1 aliphatic heterocycles. The number of benzene rings is 3. The molecule has 0 saturated carbocycles. The molecular formula is C35H38FN3O8. The van der Waals surface area contributed by atoms with Crippen molar-refractivity contribution in [2.75, 3.05) is 50.1 Å². The fraction of sp³-hybridized carbons (Fsp3) is 0.286. The number of carboxylic acids is 2. The Bertz CT molecular complexity index is 1570. The molecule has 1 saturated heterocycles. The Morgan fingerprint density at radius 1 is 0.872 bits per heavy atom. The van der Waals surface area contributed by atoms with Gasteiger partial charge >= 0.3 is 11.9 Å². The molecule has 248 valence electrons. The minimum absolute atomic E-state index is 0.0571. The van der Waals surface area contributed by atoms with E-state index in [-0.39, 0.29) is 29.3 Å². The number of hydrogen-bond acceptors (Lipinski definition) is 7. The van der Waals surface area contributed by atoms with Crippen molar-refractivity contribution in [2.24, 2.45) is 5.92 Å². The largest absolute Gasteiger partial charge is 0.497 e. The minimum atomic E-state index is -1.26. The predicted octanol–water partition coefficient (Wildman–Crippen LogP) is 4.77. The Balaban J connectivity index is 0.000000665. The summed E-state index contributed by atoms with van der Waals surface area (Å²) in [6, 6.07) is 20.1. The van der Waals surface area contributed by atoms with Crippen LogP contribution in [0.25, 0.3) is 0 Å². The number of anilines is 2. The molecule has 47 heavy (non-hydrogen) atoms. The number of methoxy groups -OCH3 is 1. The second-order valence-electron chi connectivity index (χ2n) is 10.8. The smallest absolute Gasteiger partial charge is 0.328 e. The van der Waals surface area contributed by atoms with Gasteiger partial charge in [-0.15, -0.1) is 0 Å². The number of halogens is 1. The van der Waals surface area contributed by atoms with E-state index in [0.717, 1.165) is 18.8 Å². The molecule has 0 aliphatic carbocycles. The summed E-state index contributed by atoms with van der Waals surface area (Å²) in [4.78, 5) is 62.9. The third-order valence-electron chi connectivity index (χ3n) is 7.68. The first-order valence-electron chi connectivity index (χ1n) is 14.9. The average Bonchev–Trinajstić information content (AvgIpc) is 3.07. The van der Waals surface area contributed by atoms with Crippen molar-refractivity contribution in [1.29, 1.82) is 0 Å². The zero-order valence-electron chi connectivity index (χ0n) is 26.5. The number of carboxylic acid groups (broad SMARTS) is 2. The number of aliphatic carboxylic acids is 2. The number of ketones is 1. The number of nitrogens with zero attached hydrogens (tertiary/aromatic N) is 3. The standard InChI is InChI=1S/C31H34FN3O4.C4H4O4/c1-22(36)33(2)27-13-9-25(10-14-27)31(38)35(28-5-4-6-29(21-28)39-3)20-19-34-17-15-24(16-18-34)30(37)23-7-11-26(32)12-8-23;5-3(6)1-2-4(7)8/h4-14,21,24H,15-20H2,1-3H3;1-2H,(H,5,6)(H,7,8)/b;2-1+. The van der Waals surface area contributed by atoms with Gasteiger partial charge < -0.3 is 29.6 Å². The summed E-state index contributed by atoms with van der Waals surface area (Å²) in [5.74, 6) is -2.48. The van der Waals surface area contributed by atoms with Crippen molar-refractivity contribution in [3.8, 4) is 5.75 Å². The first kappa shape index (κ1) is 36.1. The number of ether oxygens (including phenoxy) is 1. The molecule has 0 atom stereocenters. The average molecular weight is 648 g/mol. The first-order valence-corrected chi connectivity index (χ1v) is 14.9. The van der Waals surface area contributed by atoms with Crippen LogP contribution in [0.3, 0.4) is 0 Å². The van der Waals surface area contributed by atoms with Crippen molar-refractivity contribution in [2.45, 2.75) is 19.8 Å². The molecule has 0 spiro atoms. The molecule has 0 unspecified atom stereocenters. The van der Waals surface area contributed by atoms with Gasteiger partial charge in [0, 0.05) is 73.7 Å². The van der Waals surface area contributed by atoms with Crippen LogP contribution < -0.4 is 14.5 Å². The van der Waals surface area contributed by atoms with Crippen LogP contribution in [0.15, 0.2) is 84.9 Å². The number of Topliss-reactive ketones (excluding diaryl/α,β-unsaturated/α-hetero) is 1. The molecule has 12 heteroatoms. The van der Waals surface area contributed by atoms with E-state index < -0.39 is 11.9 Å². The van der Waals surface area contributed by atoms with Crippen LogP contribution in [0, 0.1) is 11.7 Å². The lowest BCUT2D eigenvalue weighted by atomic mass is 9.89. The first-order chi connectivity index (χ1) is 22.4. The second kappa shape index (κ2) is 17.4. The second-order valence-corrected chi connectivity index (χ2v) is 10.8. The lowest BCUT2D eigenvalue weighted by molar-refractivity contribution is -0.134. The third-order valence-corrected chi connectivity index (χ3v) is 7.68. The molecule has 1 aliphatic rings. The molecule has 11 nitrogen and oxygen atoms in total. The van der Waals surface area contributed by atoms with E-state index in [1.54, 1.807) is 55.5 Å².